The van der Waals surface area contributed by atoms with E-state index in [2.05, 4.69) is 10.1 Å². The lowest BCUT2D eigenvalue weighted by Gasteiger charge is -2.10. The van der Waals surface area contributed by atoms with Gasteiger partial charge in [0.25, 0.3) is 0 Å². The van der Waals surface area contributed by atoms with E-state index in [4.69, 9.17) is 11.6 Å². The van der Waals surface area contributed by atoms with Gasteiger partial charge in [-0.3, -0.25) is 4.79 Å². The van der Waals surface area contributed by atoms with Gasteiger partial charge in [-0.15, -0.1) is 0 Å². The predicted octanol–water partition coefficient (Wildman–Crippen LogP) is 4.01. The number of hydrogen-bond acceptors (Lipinski definition) is 3. The molecular formula is C18H18ClNO3. The summed E-state index contributed by atoms with van der Waals surface area (Å²) in [5.41, 5.74) is 2.96. The van der Waals surface area contributed by atoms with Gasteiger partial charge in [-0.1, -0.05) is 29.8 Å². The summed E-state index contributed by atoms with van der Waals surface area (Å²) in [6.07, 6.45) is 0.974. The van der Waals surface area contributed by atoms with Crippen LogP contribution in [0.1, 0.15) is 27.9 Å². The molecule has 0 heterocycles. The molecule has 0 aromatic heterocycles. The molecule has 1 N–H and O–H groups in total. The van der Waals surface area contributed by atoms with Crippen LogP contribution in [0.5, 0.6) is 0 Å². The fraction of sp³-hybridized carbons (Fsp3) is 0.222. The monoisotopic (exact) mass is 331 g/mol. The third kappa shape index (κ3) is 4.83. The summed E-state index contributed by atoms with van der Waals surface area (Å²) in [5, 5.41) is 3.51. The molecule has 5 heteroatoms. The summed E-state index contributed by atoms with van der Waals surface area (Å²) in [7, 11) is 1.33. The highest BCUT2D eigenvalue weighted by molar-refractivity contribution is 6.30. The number of carbonyl (C=O) groups excluding carboxylic acids is 2. The van der Waals surface area contributed by atoms with Crippen molar-refractivity contribution in [3.05, 3.63) is 64.2 Å². The van der Waals surface area contributed by atoms with E-state index in [1.54, 1.807) is 30.3 Å². The Balaban J connectivity index is 1.99. The van der Waals surface area contributed by atoms with Crippen molar-refractivity contribution >= 4 is 29.2 Å². The summed E-state index contributed by atoms with van der Waals surface area (Å²) in [6, 6.07) is 12.5. The molecule has 0 spiro atoms. The van der Waals surface area contributed by atoms with Gasteiger partial charge in [-0.05, 0) is 48.7 Å². The molecule has 0 bridgehead atoms. The first-order chi connectivity index (χ1) is 11.0. The number of aryl methyl sites for hydroxylation is 2. The quantitative estimate of drug-likeness (QED) is 0.842. The minimum atomic E-state index is -0.429. The zero-order valence-corrected chi connectivity index (χ0v) is 13.8. The van der Waals surface area contributed by atoms with Crippen LogP contribution in [-0.2, 0) is 16.0 Å². The average Bonchev–Trinajstić information content (AvgIpc) is 2.55. The van der Waals surface area contributed by atoms with Gasteiger partial charge in [0, 0.05) is 17.1 Å². The molecule has 0 saturated heterocycles. The number of anilines is 1. The molecule has 0 saturated carbocycles. The summed E-state index contributed by atoms with van der Waals surface area (Å²) < 4.78 is 4.69. The molecule has 1 amide bonds. The second kappa shape index (κ2) is 7.79. The van der Waals surface area contributed by atoms with Crippen LogP contribution in [-0.4, -0.2) is 19.0 Å². The Hall–Kier alpha value is -2.33. The van der Waals surface area contributed by atoms with Crippen molar-refractivity contribution in [3.8, 4) is 0 Å². The van der Waals surface area contributed by atoms with Crippen LogP contribution < -0.4 is 5.32 Å². The van der Waals surface area contributed by atoms with Crippen molar-refractivity contribution in [3.63, 3.8) is 0 Å². The van der Waals surface area contributed by atoms with Gasteiger partial charge in [0.2, 0.25) is 5.91 Å². The molecule has 120 valence electrons. The third-order valence-corrected chi connectivity index (χ3v) is 3.74. The van der Waals surface area contributed by atoms with Crippen molar-refractivity contribution < 1.29 is 14.3 Å². The van der Waals surface area contributed by atoms with Gasteiger partial charge in [0.15, 0.2) is 0 Å². The topological polar surface area (TPSA) is 55.4 Å². The number of methoxy groups -OCH3 is 1. The lowest BCUT2D eigenvalue weighted by Crippen LogP contribution is -2.14. The zero-order chi connectivity index (χ0) is 16.8. The number of carbonyl (C=O) groups is 2. The highest BCUT2D eigenvalue weighted by atomic mass is 35.5. The number of nitrogens with one attached hydrogen (secondary N) is 1. The number of esters is 1. The first-order valence-corrected chi connectivity index (χ1v) is 7.60. The van der Waals surface area contributed by atoms with Crippen LogP contribution in [0.3, 0.4) is 0 Å². The van der Waals surface area contributed by atoms with Crippen LogP contribution >= 0.6 is 11.6 Å². The van der Waals surface area contributed by atoms with Gasteiger partial charge in [-0.25, -0.2) is 4.79 Å². The average molecular weight is 332 g/mol. The molecule has 0 aliphatic heterocycles. The molecule has 2 rings (SSSR count). The van der Waals surface area contributed by atoms with E-state index >= 15 is 0 Å². The van der Waals surface area contributed by atoms with E-state index in [1.165, 1.54) is 7.11 Å². The number of ether oxygens (including phenoxy) is 1. The van der Waals surface area contributed by atoms with Crippen molar-refractivity contribution in [1.82, 2.24) is 0 Å². The summed E-state index contributed by atoms with van der Waals surface area (Å²) in [5.74, 6) is -0.535. The Bertz CT molecular complexity index is 711. The molecule has 0 aliphatic carbocycles. The van der Waals surface area contributed by atoms with Crippen LogP contribution in [0.25, 0.3) is 0 Å². The fourth-order valence-electron chi connectivity index (χ4n) is 2.12. The van der Waals surface area contributed by atoms with Gasteiger partial charge in [0.1, 0.15) is 0 Å². The summed E-state index contributed by atoms with van der Waals surface area (Å²) in [6.45, 7) is 1.87. The smallest absolute Gasteiger partial charge is 0.337 e. The highest BCUT2D eigenvalue weighted by Crippen LogP contribution is 2.18. The number of hydrogen-bond donors (Lipinski definition) is 1. The lowest BCUT2D eigenvalue weighted by atomic mass is 10.1. The molecule has 0 aliphatic rings. The van der Waals surface area contributed by atoms with Crippen LogP contribution in [0.2, 0.25) is 5.02 Å². The maximum atomic E-state index is 12.1. The van der Waals surface area contributed by atoms with Gasteiger partial charge < -0.3 is 10.1 Å². The van der Waals surface area contributed by atoms with Gasteiger partial charge in [0.05, 0.1) is 12.7 Å². The van der Waals surface area contributed by atoms with Crippen LogP contribution in [0, 0.1) is 6.92 Å². The van der Waals surface area contributed by atoms with Crippen LogP contribution in [0.15, 0.2) is 42.5 Å². The van der Waals surface area contributed by atoms with E-state index in [-0.39, 0.29) is 5.91 Å². The summed E-state index contributed by atoms with van der Waals surface area (Å²) in [4.78, 5) is 23.7. The molecule has 23 heavy (non-hydrogen) atoms. The van der Waals surface area contributed by atoms with Crippen molar-refractivity contribution in [2.45, 2.75) is 19.8 Å². The maximum absolute atomic E-state index is 12.1. The third-order valence-electron chi connectivity index (χ3n) is 3.49. The molecule has 4 nitrogen and oxygen atoms in total. The van der Waals surface area contributed by atoms with E-state index in [0.29, 0.717) is 29.1 Å². The zero-order valence-electron chi connectivity index (χ0n) is 13.1. The van der Waals surface area contributed by atoms with Crippen molar-refractivity contribution in [2.75, 3.05) is 12.4 Å². The van der Waals surface area contributed by atoms with E-state index < -0.39 is 5.97 Å². The van der Waals surface area contributed by atoms with E-state index in [9.17, 15) is 9.59 Å². The van der Waals surface area contributed by atoms with Gasteiger partial charge >= 0.3 is 5.97 Å². The normalized spacial score (nSPS) is 10.2. The molecule has 0 radical (unpaired) electrons. The molecule has 2 aromatic rings. The number of halogens is 1. The maximum Gasteiger partial charge on any atom is 0.337 e. The second-order valence-corrected chi connectivity index (χ2v) is 5.63. The Morgan fingerprint density at radius 2 is 1.83 bits per heavy atom. The number of benzene rings is 2. The molecular weight excluding hydrogens is 314 g/mol. The fourth-order valence-corrected chi connectivity index (χ4v) is 2.25. The Morgan fingerprint density at radius 1 is 1.13 bits per heavy atom. The summed E-state index contributed by atoms with van der Waals surface area (Å²) >= 11 is 5.83. The van der Waals surface area contributed by atoms with Crippen molar-refractivity contribution in [2.24, 2.45) is 0 Å². The second-order valence-electron chi connectivity index (χ2n) is 5.20. The largest absolute Gasteiger partial charge is 0.465 e. The molecule has 0 fully saturated rings. The van der Waals surface area contributed by atoms with E-state index in [1.807, 2.05) is 19.1 Å². The Labute approximate surface area is 140 Å². The molecule has 0 unspecified atom stereocenters. The van der Waals surface area contributed by atoms with E-state index in [0.717, 1.165) is 11.1 Å². The van der Waals surface area contributed by atoms with Crippen LogP contribution in [0.4, 0.5) is 5.69 Å². The molecule has 0 atom stereocenters. The standard InChI is InChI=1S/C18H18ClNO3/c1-12-3-7-14(18(22)23-2)11-16(12)20-17(21)10-6-13-4-8-15(19)9-5-13/h3-5,7-9,11H,6,10H2,1-2H3,(H,20,21). The SMILES string of the molecule is COC(=O)c1ccc(C)c(NC(=O)CCc2ccc(Cl)cc2)c1. The highest BCUT2D eigenvalue weighted by Gasteiger charge is 2.10. The minimum absolute atomic E-state index is 0.106. The predicted molar refractivity (Wildman–Crippen MR) is 90.9 cm³/mol. The first-order valence-electron chi connectivity index (χ1n) is 7.23. The Morgan fingerprint density at radius 3 is 2.48 bits per heavy atom. The number of rotatable bonds is 5. The Kier molecular flexibility index (Phi) is 5.77. The van der Waals surface area contributed by atoms with Gasteiger partial charge in [-0.2, -0.15) is 0 Å². The number of amides is 1. The lowest BCUT2D eigenvalue weighted by molar-refractivity contribution is -0.116. The first kappa shape index (κ1) is 17.0. The molecule has 2 aromatic carbocycles. The van der Waals surface area contributed by atoms with Crippen molar-refractivity contribution in [1.29, 1.82) is 0 Å². The minimum Gasteiger partial charge on any atom is -0.465 e.